The molecule has 1 N–H and O–H groups in total. The molecule has 0 saturated heterocycles. The van der Waals surface area contributed by atoms with Crippen molar-refractivity contribution in [3.63, 3.8) is 0 Å². The number of unbranched alkanes of at least 4 members (excludes halogenated alkanes) is 21. The minimum atomic E-state index is 0.00219. The first-order valence-electron chi connectivity index (χ1n) is 15.2. The van der Waals surface area contributed by atoms with Crippen LogP contribution < -0.4 is 0 Å². The normalized spacial score (nSPS) is 11.5. The number of carbonyl (C=O) groups excluding carboxylic acids is 1. The van der Waals surface area contributed by atoms with Gasteiger partial charge in [-0.15, -0.1) is 0 Å². The van der Waals surface area contributed by atoms with E-state index in [-0.39, 0.29) is 5.97 Å². The van der Waals surface area contributed by atoms with Crippen molar-refractivity contribution in [2.75, 3.05) is 13.2 Å². The Bertz CT molecular complexity index is 419. The second-order valence-electron chi connectivity index (χ2n) is 10.2. The largest absolute Gasteiger partial charge is 0.466 e. The highest BCUT2D eigenvalue weighted by Gasteiger charge is 2.02. The molecular formula is C31H60O3. The van der Waals surface area contributed by atoms with Gasteiger partial charge >= 0.3 is 5.97 Å². The fraction of sp³-hybridized carbons (Fsp3) is 0.903. The zero-order chi connectivity index (χ0) is 24.8. The van der Waals surface area contributed by atoms with Crippen molar-refractivity contribution in [3.05, 3.63) is 12.2 Å². The topological polar surface area (TPSA) is 46.5 Å². The van der Waals surface area contributed by atoms with Crippen LogP contribution in [-0.4, -0.2) is 24.3 Å². The van der Waals surface area contributed by atoms with Crippen molar-refractivity contribution in [3.8, 4) is 0 Å². The Morgan fingerprint density at radius 2 is 0.971 bits per heavy atom. The molecule has 0 aliphatic carbocycles. The second kappa shape index (κ2) is 30.2. The van der Waals surface area contributed by atoms with Gasteiger partial charge in [-0.3, -0.25) is 4.79 Å². The van der Waals surface area contributed by atoms with Crippen LogP contribution in [0.5, 0.6) is 0 Å². The quantitative estimate of drug-likeness (QED) is 0.0688. The van der Waals surface area contributed by atoms with E-state index in [1.807, 2.05) is 0 Å². The van der Waals surface area contributed by atoms with Gasteiger partial charge in [0.25, 0.3) is 0 Å². The first-order valence-corrected chi connectivity index (χ1v) is 15.2. The lowest BCUT2D eigenvalue weighted by Gasteiger charge is -2.05. The van der Waals surface area contributed by atoms with E-state index in [1.165, 1.54) is 128 Å². The Labute approximate surface area is 213 Å². The van der Waals surface area contributed by atoms with Crippen LogP contribution in [0.15, 0.2) is 12.2 Å². The number of hydrogen-bond acceptors (Lipinski definition) is 3. The lowest BCUT2D eigenvalue weighted by atomic mass is 10.0. The molecule has 202 valence electrons. The third-order valence-corrected chi connectivity index (χ3v) is 6.71. The van der Waals surface area contributed by atoms with Gasteiger partial charge in [0.15, 0.2) is 0 Å². The molecule has 0 heterocycles. The summed E-state index contributed by atoms with van der Waals surface area (Å²) in [6.45, 7) is 3.22. The van der Waals surface area contributed by atoms with Gasteiger partial charge in [-0.25, -0.2) is 0 Å². The van der Waals surface area contributed by atoms with Crippen molar-refractivity contribution in [2.45, 2.75) is 167 Å². The minimum Gasteiger partial charge on any atom is -0.466 e. The number of ether oxygens (including phenoxy) is 1. The van der Waals surface area contributed by atoms with Crippen molar-refractivity contribution in [1.82, 2.24) is 0 Å². The Balaban J connectivity index is 3.18. The highest BCUT2D eigenvalue weighted by atomic mass is 16.5. The van der Waals surface area contributed by atoms with Gasteiger partial charge in [0.05, 0.1) is 6.61 Å². The molecule has 0 bridgehead atoms. The van der Waals surface area contributed by atoms with E-state index in [0.29, 0.717) is 19.6 Å². The Kier molecular flexibility index (Phi) is 29.5. The van der Waals surface area contributed by atoms with Crippen LogP contribution in [0.25, 0.3) is 0 Å². The van der Waals surface area contributed by atoms with Crippen LogP contribution in [-0.2, 0) is 9.53 Å². The van der Waals surface area contributed by atoms with Gasteiger partial charge in [-0.2, -0.15) is 0 Å². The summed E-state index contributed by atoms with van der Waals surface area (Å²) in [6, 6.07) is 0. The fourth-order valence-corrected chi connectivity index (χ4v) is 4.40. The average molecular weight is 481 g/mol. The first kappa shape index (κ1) is 33.2. The van der Waals surface area contributed by atoms with E-state index in [2.05, 4.69) is 19.1 Å². The van der Waals surface area contributed by atoms with Crippen LogP contribution >= 0.6 is 0 Å². The number of hydrogen-bond donors (Lipinski definition) is 1. The summed E-state index contributed by atoms with van der Waals surface area (Å²) in [5.41, 5.74) is 0. The molecule has 0 spiro atoms. The summed E-state index contributed by atoms with van der Waals surface area (Å²) >= 11 is 0. The van der Waals surface area contributed by atoms with Gasteiger partial charge < -0.3 is 9.84 Å². The molecule has 3 heteroatoms. The Morgan fingerprint density at radius 1 is 0.559 bits per heavy atom. The number of aliphatic hydroxyl groups excluding tert-OH is 1. The molecule has 0 aliphatic rings. The van der Waals surface area contributed by atoms with E-state index in [4.69, 9.17) is 9.84 Å². The average Bonchev–Trinajstić information content (AvgIpc) is 2.84. The summed E-state index contributed by atoms with van der Waals surface area (Å²) in [5, 5.41) is 8.76. The Morgan fingerprint density at radius 3 is 1.47 bits per heavy atom. The molecule has 0 radical (unpaired) electrons. The van der Waals surface area contributed by atoms with Crippen LogP contribution in [0, 0.1) is 0 Å². The zero-order valence-electron chi connectivity index (χ0n) is 23.0. The molecule has 0 unspecified atom stereocenters. The predicted octanol–water partition coefficient (Wildman–Crippen LogP) is 9.85. The fourth-order valence-electron chi connectivity index (χ4n) is 4.40. The number of rotatable bonds is 28. The van der Waals surface area contributed by atoms with Gasteiger partial charge in [0, 0.05) is 13.0 Å². The lowest BCUT2D eigenvalue weighted by molar-refractivity contribution is -0.143. The van der Waals surface area contributed by atoms with Crippen molar-refractivity contribution >= 4 is 5.97 Å². The number of aliphatic hydroxyl groups is 1. The van der Waals surface area contributed by atoms with E-state index in [1.54, 1.807) is 0 Å². The van der Waals surface area contributed by atoms with Crippen LogP contribution in [0.3, 0.4) is 0 Å². The summed E-state index contributed by atoms with van der Waals surface area (Å²) < 4.78 is 5.39. The highest BCUT2D eigenvalue weighted by Crippen LogP contribution is 2.13. The first-order chi connectivity index (χ1) is 16.8. The van der Waals surface area contributed by atoms with Gasteiger partial charge in [0.2, 0.25) is 0 Å². The Hall–Kier alpha value is -0.830. The van der Waals surface area contributed by atoms with E-state index < -0.39 is 0 Å². The van der Waals surface area contributed by atoms with Crippen LogP contribution in [0.1, 0.15) is 167 Å². The maximum Gasteiger partial charge on any atom is 0.305 e. The SMILES string of the molecule is CCCCCC/C=C\CCCCCCCC(=O)OCCCCCCCCCCCCCCCO. The van der Waals surface area contributed by atoms with Crippen LogP contribution in [0.2, 0.25) is 0 Å². The van der Waals surface area contributed by atoms with Crippen molar-refractivity contribution in [1.29, 1.82) is 0 Å². The van der Waals surface area contributed by atoms with Gasteiger partial charge in [0.1, 0.15) is 0 Å². The third kappa shape index (κ3) is 29.2. The molecule has 0 rings (SSSR count). The number of allylic oxidation sites excluding steroid dienone is 2. The molecular weight excluding hydrogens is 420 g/mol. The summed E-state index contributed by atoms with van der Waals surface area (Å²) in [7, 11) is 0. The standard InChI is InChI=1S/C31H60O3/c1-2-3-4-5-6-7-8-10-13-16-19-22-25-28-31(33)34-30-27-24-21-18-15-12-9-11-14-17-20-23-26-29-32/h7-8,32H,2-6,9-30H2,1H3/b8-7-. The maximum atomic E-state index is 11.8. The third-order valence-electron chi connectivity index (χ3n) is 6.71. The molecule has 0 aromatic heterocycles. The molecule has 0 fully saturated rings. The molecule has 0 atom stereocenters. The zero-order valence-corrected chi connectivity index (χ0v) is 23.0. The van der Waals surface area contributed by atoms with E-state index >= 15 is 0 Å². The molecule has 0 aromatic carbocycles. The highest BCUT2D eigenvalue weighted by molar-refractivity contribution is 5.69. The van der Waals surface area contributed by atoms with Gasteiger partial charge in [-0.1, -0.05) is 128 Å². The predicted molar refractivity (Wildman–Crippen MR) is 148 cm³/mol. The molecule has 34 heavy (non-hydrogen) atoms. The second-order valence-corrected chi connectivity index (χ2v) is 10.2. The summed E-state index contributed by atoms with van der Waals surface area (Å²) in [6.07, 6.45) is 35.5. The van der Waals surface area contributed by atoms with Gasteiger partial charge in [-0.05, 0) is 44.9 Å². The number of carbonyl (C=O) groups is 1. The number of esters is 1. The van der Waals surface area contributed by atoms with E-state index in [9.17, 15) is 4.79 Å². The van der Waals surface area contributed by atoms with Crippen molar-refractivity contribution < 1.29 is 14.6 Å². The van der Waals surface area contributed by atoms with E-state index in [0.717, 1.165) is 25.7 Å². The molecule has 0 aromatic rings. The van der Waals surface area contributed by atoms with Crippen molar-refractivity contribution in [2.24, 2.45) is 0 Å². The summed E-state index contributed by atoms with van der Waals surface area (Å²) in [5.74, 6) is 0.00219. The molecule has 0 aliphatic heterocycles. The monoisotopic (exact) mass is 480 g/mol. The summed E-state index contributed by atoms with van der Waals surface area (Å²) in [4.78, 5) is 11.8. The van der Waals surface area contributed by atoms with Crippen LogP contribution in [0.4, 0.5) is 0 Å². The molecule has 3 nitrogen and oxygen atoms in total. The smallest absolute Gasteiger partial charge is 0.305 e. The molecule has 0 amide bonds. The maximum absolute atomic E-state index is 11.8. The lowest BCUT2D eigenvalue weighted by Crippen LogP contribution is -2.05. The molecule has 0 saturated carbocycles. The minimum absolute atomic E-state index is 0.00219.